The van der Waals surface area contributed by atoms with Crippen LogP contribution in [-0.4, -0.2) is 40.9 Å². The largest absolute Gasteiger partial charge is 0.378 e. The molecule has 2 aromatic carbocycles. The standard InChI is InChI=1S/C23H24N4O4S2/c1-26(2)19-11-9-17(10-12-19)24-22(28)23(29)25-18-8-7-16-5-3-13-27(20(16)15-18)33(30,31)21-6-4-14-32-21/h4,6-12,14-15H,3,5,13H2,1-2H3,(H,24,28)(H,25,29). The number of sulfonamides is 1. The van der Waals surface area contributed by atoms with Gasteiger partial charge in [0.1, 0.15) is 4.21 Å². The summed E-state index contributed by atoms with van der Waals surface area (Å²) in [5.74, 6) is -1.65. The molecule has 33 heavy (non-hydrogen) atoms. The van der Waals surface area contributed by atoms with Gasteiger partial charge in [0.2, 0.25) is 0 Å². The van der Waals surface area contributed by atoms with Gasteiger partial charge in [-0.05, 0) is 66.2 Å². The zero-order valence-corrected chi connectivity index (χ0v) is 19.9. The average molecular weight is 485 g/mol. The second-order valence-corrected chi connectivity index (χ2v) is 10.8. The first-order chi connectivity index (χ1) is 15.8. The third-order valence-corrected chi connectivity index (χ3v) is 8.49. The molecule has 2 heterocycles. The molecule has 1 aliphatic heterocycles. The number of carbonyl (C=O) groups excluding carboxylic acids is 2. The Bertz CT molecular complexity index is 1270. The molecule has 2 N–H and O–H groups in total. The minimum absolute atomic E-state index is 0.268. The predicted octanol–water partition coefficient (Wildman–Crippen LogP) is 3.53. The van der Waals surface area contributed by atoms with E-state index in [-0.39, 0.29) is 4.21 Å². The highest BCUT2D eigenvalue weighted by atomic mass is 32.2. The number of aryl methyl sites for hydroxylation is 1. The first-order valence-electron chi connectivity index (χ1n) is 10.3. The molecule has 10 heteroatoms. The first-order valence-corrected chi connectivity index (χ1v) is 12.7. The van der Waals surface area contributed by atoms with Crippen molar-refractivity contribution in [3.63, 3.8) is 0 Å². The molecule has 1 aromatic heterocycles. The number of rotatable bonds is 5. The molecule has 4 rings (SSSR count). The Morgan fingerprint density at radius 1 is 0.970 bits per heavy atom. The smallest absolute Gasteiger partial charge is 0.314 e. The van der Waals surface area contributed by atoms with Crippen LogP contribution in [0.25, 0.3) is 0 Å². The monoisotopic (exact) mass is 484 g/mol. The maximum Gasteiger partial charge on any atom is 0.314 e. The van der Waals surface area contributed by atoms with Crippen LogP contribution in [0.15, 0.2) is 64.2 Å². The topological polar surface area (TPSA) is 98.8 Å². The van der Waals surface area contributed by atoms with Crippen molar-refractivity contribution in [2.24, 2.45) is 0 Å². The summed E-state index contributed by atoms with van der Waals surface area (Å²) in [6.45, 7) is 0.355. The molecule has 0 aliphatic carbocycles. The van der Waals surface area contributed by atoms with E-state index in [4.69, 9.17) is 0 Å². The lowest BCUT2D eigenvalue weighted by Crippen LogP contribution is -2.35. The highest BCUT2D eigenvalue weighted by Crippen LogP contribution is 2.35. The summed E-state index contributed by atoms with van der Waals surface area (Å²) in [5.41, 5.74) is 3.22. The van der Waals surface area contributed by atoms with Gasteiger partial charge in [0, 0.05) is 37.7 Å². The van der Waals surface area contributed by atoms with Crippen molar-refractivity contribution in [3.8, 4) is 0 Å². The fourth-order valence-corrected chi connectivity index (χ4v) is 6.24. The highest BCUT2D eigenvalue weighted by Gasteiger charge is 2.30. The molecule has 3 aromatic rings. The molecule has 0 bridgehead atoms. The maximum absolute atomic E-state index is 13.1. The molecule has 0 fully saturated rings. The van der Waals surface area contributed by atoms with Crippen LogP contribution >= 0.6 is 11.3 Å². The molecular formula is C23H24N4O4S2. The Labute approximate surface area is 196 Å². The summed E-state index contributed by atoms with van der Waals surface area (Å²) >= 11 is 1.17. The third-order valence-electron chi connectivity index (χ3n) is 5.31. The summed E-state index contributed by atoms with van der Waals surface area (Å²) < 4.78 is 27.9. The van der Waals surface area contributed by atoms with Crippen LogP contribution in [0, 0.1) is 0 Å². The number of carbonyl (C=O) groups is 2. The SMILES string of the molecule is CN(C)c1ccc(NC(=O)C(=O)Nc2ccc3c(c2)N(S(=O)(=O)c2cccs2)CCC3)cc1. The Balaban J connectivity index is 1.50. The molecule has 8 nitrogen and oxygen atoms in total. The van der Waals surface area contributed by atoms with Crippen LogP contribution in [0.3, 0.4) is 0 Å². The van der Waals surface area contributed by atoms with E-state index in [9.17, 15) is 18.0 Å². The van der Waals surface area contributed by atoms with Crippen LogP contribution in [0.5, 0.6) is 0 Å². The molecule has 0 atom stereocenters. The van der Waals surface area contributed by atoms with E-state index in [1.165, 1.54) is 15.6 Å². The Kier molecular flexibility index (Phi) is 6.39. The van der Waals surface area contributed by atoms with Crippen LogP contribution in [0.1, 0.15) is 12.0 Å². The molecule has 0 saturated heterocycles. The Morgan fingerprint density at radius 3 is 2.27 bits per heavy atom. The van der Waals surface area contributed by atoms with E-state index in [0.29, 0.717) is 30.0 Å². The lowest BCUT2D eigenvalue weighted by atomic mass is 10.0. The predicted molar refractivity (Wildman–Crippen MR) is 132 cm³/mol. The van der Waals surface area contributed by atoms with E-state index < -0.39 is 21.8 Å². The summed E-state index contributed by atoms with van der Waals surface area (Å²) in [7, 11) is 0.131. The lowest BCUT2D eigenvalue weighted by Gasteiger charge is -2.30. The lowest BCUT2D eigenvalue weighted by molar-refractivity contribution is -0.132. The van der Waals surface area contributed by atoms with Crippen LogP contribution < -0.4 is 19.8 Å². The number of amides is 2. The van der Waals surface area contributed by atoms with Gasteiger partial charge in [0.15, 0.2) is 0 Å². The molecule has 0 saturated carbocycles. The summed E-state index contributed by atoms with van der Waals surface area (Å²) in [4.78, 5) is 26.8. The Hall–Kier alpha value is -3.37. The number of hydrogen-bond donors (Lipinski definition) is 2. The molecule has 0 spiro atoms. The fraction of sp³-hybridized carbons (Fsp3) is 0.217. The number of nitrogens with one attached hydrogen (secondary N) is 2. The number of anilines is 4. The highest BCUT2D eigenvalue weighted by molar-refractivity contribution is 7.94. The molecule has 1 aliphatic rings. The first kappa shape index (κ1) is 22.8. The number of thiophene rings is 1. The molecule has 0 radical (unpaired) electrons. The maximum atomic E-state index is 13.1. The van der Waals surface area contributed by atoms with Gasteiger partial charge in [-0.2, -0.15) is 0 Å². The van der Waals surface area contributed by atoms with Crippen LogP contribution in [0.4, 0.5) is 22.7 Å². The van der Waals surface area contributed by atoms with Crippen molar-refractivity contribution < 1.29 is 18.0 Å². The minimum atomic E-state index is -3.69. The zero-order valence-electron chi connectivity index (χ0n) is 18.2. The van der Waals surface area contributed by atoms with E-state index in [2.05, 4.69) is 10.6 Å². The van der Waals surface area contributed by atoms with Crippen LogP contribution in [0.2, 0.25) is 0 Å². The number of fused-ring (bicyclic) bond motifs is 1. The van der Waals surface area contributed by atoms with E-state index >= 15 is 0 Å². The summed E-state index contributed by atoms with van der Waals surface area (Å²) in [6, 6.07) is 15.5. The van der Waals surface area contributed by atoms with Gasteiger partial charge in [-0.25, -0.2) is 8.42 Å². The normalized spacial score (nSPS) is 13.2. The number of nitrogens with zero attached hydrogens (tertiary/aromatic N) is 2. The van der Waals surface area contributed by atoms with Gasteiger partial charge < -0.3 is 15.5 Å². The van der Waals surface area contributed by atoms with Crippen molar-refractivity contribution in [2.75, 3.05) is 40.5 Å². The number of hydrogen-bond acceptors (Lipinski definition) is 6. The summed E-state index contributed by atoms with van der Waals surface area (Å²) in [6.07, 6.45) is 1.45. The fourth-order valence-electron chi connectivity index (χ4n) is 3.61. The minimum Gasteiger partial charge on any atom is -0.378 e. The second kappa shape index (κ2) is 9.24. The van der Waals surface area contributed by atoms with Gasteiger partial charge in [0.05, 0.1) is 5.69 Å². The van der Waals surface area contributed by atoms with Crippen molar-refractivity contribution in [3.05, 3.63) is 65.5 Å². The number of benzene rings is 2. The van der Waals surface area contributed by atoms with Crippen molar-refractivity contribution in [1.82, 2.24) is 0 Å². The van der Waals surface area contributed by atoms with Gasteiger partial charge >= 0.3 is 11.8 Å². The van der Waals surface area contributed by atoms with Crippen molar-refractivity contribution in [2.45, 2.75) is 17.1 Å². The second-order valence-electron chi connectivity index (χ2n) is 7.81. The van der Waals surface area contributed by atoms with Crippen molar-refractivity contribution >= 4 is 55.9 Å². The molecular weight excluding hydrogens is 460 g/mol. The van der Waals surface area contributed by atoms with Crippen LogP contribution in [-0.2, 0) is 26.0 Å². The quantitative estimate of drug-likeness (QED) is 0.540. The molecule has 172 valence electrons. The third kappa shape index (κ3) is 4.86. The molecule has 2 amide bonds. The van der Waals surface area contributed by atoms with Gasteiger partial charge in [-0.15, -0.1) is 11.3 Å². The van der Waals surface area contributed by atoms with Gasteiger partial charge in [-0.1, -0.05) is 12.1 Å². The Morgan fingerprint density at radius 2 is 1.64 bits per heavy atom. The van der Waals surface area contributed by atoms with Gasteiger partial charge in [-0.3, -0.25) is 13.9 Å². The van der Waals surface area contributed by atoms with E-state index in [1.807, 2.05) is 31.1 Å². The van der Waals surface area contributed by atoms with E-state index in [1.54, 1.807) is 47.8 Å². The van der Waals surface area contributed by atoms with E-state index in [0.717, 1.165) is 17.7 Å². The van der Waals surface area contributed by atoms with Gasteiger partial charge in [0.25, 0.3) is 10.0 Å². The molecule has 0 unspecified atom stereocenters. The zero-order chi connectivity index (χ0) is 23.6. The average Bonchev–Trinajstić information content (AvgIpc) is 3.35. The summed E-state index contributed by atoms with van der Waals surface area (Å²) in [5, 5.41) is 6.86. The van der Waals surface area contributed by atoms with Crippen molar-refractivity contribution in [1.29, 1.82) is 0 Å².